The van der Waals surface area contributed by atoms with Crippen molar-refractivity contribution < 1.29 is 44.1 Å². The maximum atomic E-state index is 12.7. The van der Waals surface area contributed by atoms with Crippen molar-refractivity contribution in [1.29, 1.82) is 0 Å². The summed E-state index contributed by atoms with van der Waals surface area (Å²) in [5, 5.41) is 33.5. The highest BCUT2D eigenvalue weighted by molar-refractivity contribution is 7.98. The molecule has 13 nitrogen and oxygen atoms in total. The van der Waals surface area contributed by atoms with Crippen LogP contribution in [0.4, 0.5) is 0 Å². The molecular weight excluding hydrogens is 448 g/mol. The smallest absolute Gasteiger partial charge is 0.325 e. The van der Waals surface area contributed by atoms with Crippen molar-refractivity contribution in [2.45, 2.75) is 63.2 Å². The summed E-state index contributed by atoms with van der Waals surface area (Å²) in [7, 11) is 0. The molecule has 3 amide bonds. The van der Waals surface area contributed by atoms with Crippen LogP contribution in [0.5, 0.6) is 0 Å². The summed E-state index contributed by atoms with van der Waals surface area (Å²) >= 11 is 1.46. The van der Waals surface area contributed by atoms with Gasteiger partial charge in [-0.3, -0.25) is 28.8 Å². The van der Waals surface area contributed by atoms with E-state index in [4.69, 9.17) is 21.1 Å². The number of carboxylic acids is 3. The van der Waals surface area contributed by atoms with Crippen LogP contribution in [0, 0.1) is 0 Å². The van der Waals surface area contributed by atoms with Gasteiger partial charge in [-0.25, -0.2) is 0 Å². The van der Waals surface area contributed by atoms with Crippen LogP contribution < -0.4 is 21.7 Å². The molecule has 0 saturated carbocycles. The molecule has 0 radical (unpaired) electrons. The molecule has 0 saturated heterocycles. The highest BCUT2D eigenvalue weighted by Crippen LogP contribution is 2.05. The fraction of sp³-hybridized carbons (Fsp3) is 0.667. The zero-order chi connectivity index (χ0) is 24.8. The number of carboxylic acid groups (broad SMARTS) is 3. The number of amides is 3. The van der Waals surface area contributed by atoms with Crippen LogP contribution in [0.15, 0.2) is 0 Å². The topological polar surface area (TPSA) is 225 Å². The van der Waals surface area contributed by atoms with E-state index >= 15 is 0 Å². The molecular formula is C18H30N4O9S. The lowest BCUT2D eigenvalue weighted by atomic mass is 10.1. The van der Waals surface area contributed by atoms with E-state index in [2.05, 4.69) is 16.0 Å². The van der Waals surface area contributed by atoms with Crippen molar-refractivity contribution in [3.63, 3.8) is 0 Å². The van der Waals surface area contributed by atoms with Crippen molar-refractivity contribution in [2.24, 2.45) is 5.73 Å². The Morgan fingerprint density at radius 3 is 1.62 bits per heavy atom. The highest BCUT2D eigenvalue weighted by Gasteiger charge is 2.30. The number of carbonyl (C=O) groups is 6. The average Bonchev–Trinajstić information content (AvgIpc) is 2.71. The minimum Gasteiger partial charge on any atom is -0.481 e. The Kier molecular flexibility index (Phi) is 13.7. The third kappa shape index (κ3) is 12.1. The van der Waals surface area contributed by atoms with Crippen LogP contribution in [0.1, 0.15) is 39.0 Å². The van der Waals surface area contributed by atoms with Crippen molar-refractivity contribution in [2.75, 3.05) is 12.0 Å². The van der Waals surface area contributed by atoms with Crippen LogP contribution in [0.25, 0.3) is 0 Å². The summed E-state index contributed by atoms with van der Waals surface area (Å²) in [6, 6.07) is -5.01. The van der Waals surface area contributed by atoms with Crippen molar-refractivity contribution >= 4 is 47.4 Å². The van der Waals surface area contributed by atoms with E-state index < -0.39 is 72.6 Å². The van der Waals surface area contributed by atoms with E-state index in [1.54, 1.807) is 0 Å². The predicted octanol–water partition coefficient (Wildman–Crippen LogP) is -1.64. The molecule has 0 spiro atoms. The first-order chi connectivity index (χ1) is 14.9. The Balaban J connectivity index is 5.42. The highest BCUT2D eigenvalue weighted by atomic mass is 32.2. The minimum absolute atomic E-state index is 0.305. The van der Waals surface area contributed by atoms with E-state index in [0.717, 1.165) is 0 Å². The van der Waals surface area contributed by atoms with E-state index in [9.17, 15) is 28.8 Å². The molecule has 0 aliphatic rings. The van der Waals surface area contributed by atoms with Gasteiger partial charge in [0.1, 0.15) is 18.1 Å². The molecule has 4 unspecified atom stereocenters. The van der Waals surface area contributed by atoms with Gasteiger partial charge in [-0.05, 0) is 38.2 Å². The van der Waals surface area contributed by atoms with Gasteiger partial charge in [-0.1, -0.05) is 0 Å². The van der Waals surface area contributed by atoms with Crippen molar-refractivity contribution in [3.8, 4) is 0 Å². The first kappa shape index (κ1) is 29.1. The number of hydrogen-bond acceptors (Lipinski definition) is 8. The lowest BCUT2D eigenvalue weighted by Gasteiger charge is -2.24. The molecule has 0 aromatic rings. The summed E-state index contributed by atoms with van der Waals surface area (Å²) in [6.45, 7) is 1.18. The summed E-state index contributed by atoms with van der Waals surface area (Å²) < 4.78 is 0. The van der Waals surface area contributed by atoms with Gasteiger partial charge in [0, 0.05) is 12.8 Å². The Morgan fingerprint density at radius 2 is 1.22 bits per heavy atom. The van der Waals surface area contributed by atoms with Crippen LogP contribution in [0.3, 0.4) is 0 Å². The second-order valence-electron chi connectivity index (χ2n) is 6.94. The number of nitrogens with one attached hydrogen (secondary N) is 3. The number of rotatable bonds is 16. The Labute approximate surface area is 188 Å². The number of nitrogens with two attached hydrogens (primary N) is 1. The molecule has 0 aromatic heterocycles. The van der Waals surface area contributed by atoms with Gasteiger partial charge in [0.25, 0.3) is 0 Å². The lowest BCUT2D eigenvalue weighted by Crippen LogP contribution is -2.57. The molecule has 0 aliphatic carbocycles. The van der Waals surface area contributed by atoms with Gasteiger partial charge >= 0.3 is 17.9 Å². The van der Waals surface area contributed by atoms with Gasteiger partial charge in [-0.15, -0.1) is 0 Å². The molecule has 8 N–H and O–H groups in total. The number of aliphatic carboxylic acids is 3. The van der Waals surface area contributed by atoms with E-state index in [1.807, 2.05) is 6.26 Å². The largest absolute Gasteiger partial charge is 0.481 e. The Bertz CT molecular complexity index is 704. The van der Waals surface area contributed by atoms with Crippen molar-refractivity contribution in [3.05, 3.63) is 0 Å². The zero-order valence-corrected chi connectivity index (χ0v) is 18.6. The standard InChI is InChI=1S/C18H30N4O9S/c1-9(18(30)31)20-16(28)11(3-5-13(23)24)22-17(29)12(4-6-14(25)26)21-15(27)10(19)7-8-32-2/h9-12H,3-8,19H2,1-2H3,(H,20,28)(H,21,27)(H,22,29)(H,23,24)(H,25,26)(H,30,31). The first-order valence-electron chi connectivity index (χ1n) is 9.71. The first-order valence-corrected chi connectivity index (χ1v) is 11.1. The van der Waals surface area contributed by atoms with E-state index in [0.29, 0.717) is 12.2 Å². The maximum Gasteiger partial charge on any atom is 0.325 e. The molecule has 0 bridgehead atoms. The molecule has 0 aromatic carbocycles. The predicted molar refractivity (Wildman–Crippen MR) is 114 cm³/mol. The third-order valence-corrected chi connectivity index (χ3v) is 4.90. The molecule has 32 heavy (non-hydrogen) atoms. The molecule has 182 valence electrons. The Hall–Kier alpha value is -2.87. The monoisotopic (exact) mass is 478 g/mol. The van der Waals surface area contributed by atoms with Gasteiger partial charge < -0.3 is 37.0 Å². The summed E-state index contributed by atoms with van der Waals surface area (Å²) in [5.41, 5.74) is 5.76. The fourth-order valence-electron chi connectivity index (χ4n) is 2.38. The summed E-state index contributed by atoms with van der Waals surface area (Å²) in [6.07, 6.45) is 0.497. The molecule has 0 rings (SSSR count). The molecule has 0 aliphatic heterocycles. The molecule has 4 atom stereocenters. The fourth-order valence-corrected chi connectivity index (χ4v) is 2.87. The molecule has 0 fully saturated rings. The number of hydrogen-bond donors (Lipinski definition) is 7. The maximum absolute atomic E-state index is 12.7. The van der Waals surface area contributed by atoms with E-state index in [-0.39, 0.29) is 12.8 Å². The van der Waals surface area contributed by atoms with Crippen LogP contribution >= 0.6 is 11.8 Å². The number of thioether (sulfide) groups is 1. The summed E-state index contributed by atoms with van der Waals surface area (Å²) in [4.78, 5) is 70.1. The lowest BCUT2D eigenvalue weighted by molar-refractivity contribution is -0.142. The second-order valence-corrected chi connectivity index (χ2v) is 7.93. The quantitative estimate of drug-likeness (QED) is 0.133. The van der Waals surface area contributed by atoms with Gasteiger partial charge in [0.15, 0.2) is 0 Å². The van der Waals surface area contributed by atoms with Crippen LogP contribution in [-0.4, -0.2) is 87.1 Å². The van der Waals surface area contributed by atoms with Gasteiger partial charge in [0.05, 0.1) is 6.04 Å². The Morgan fingerprint density at radius 1 is 0.781 bits per heavy atom. The SMILES string of the molecule is CSCCC(N)C(=O)NC(CCC(=O)O)C(=O)NC(CCC(=O)O)C(=O)NC(C)C(=O)O. The minimum atomic E-state index is -1.42. The van der Waals surface area contributed by atoms with Gasteiger partial charge in [0.2, 0.25) is 17.7 Å². The van der Waals surface area contributed by atoms with Crippen LogP contribution in [0.2, 0.25) is 0 Å². The molecule has 0 heterocycles. The third-order valence-electron chi connectivity index (χ3n) is 4.26. The normalized spacial score (nSPS) is 14.3. The van der Waals surface area contributed by atoms with Crippen LogP contribution in [-0.2, 0) is 28.8 Å². The zero-order valence-electron chi connectivity index (χ0n) is 17.8. The average molecular weight is 479 g/mol. The van der Waals surface area contributed by atoms with E-state index in [1.165, 1.54) is 18.7 Å². The molecule has 14 heteroatoms. The summed E-state index contributed by atoms with van der Waals surface area (Å²) in [5.74, 6) is -5.78. The second kappa shape index (κ2) is 15.0. The van der Waals surface area contributed by atoms with Crippen molar-refractivity contribution in [1.82, 2.24) is 16.0 Å². The van der Waals surface area contributed by atoms with Gasteiger partial charge in [-0.2, -0.15) is 11.8 Å². The number of carbonyl (C=O) groups excluding carboxylic acids is 3.